The molecule has 1 fully saturated rings. The standard InChI is InChI=1S/C7H12O3/c8-5-7(9)10-4-3-6-1-2-6/h6,8H,1-5H2. The summed E-state index contributed by atoms with van der Waals surface area (Å²) in [4.78, 5) is 10.3. The van der Waals surface area contributed by atoms with Crippen LogP contribution in [0.15, 0.2) is 0 Å². The number of esters is 1. The summed E-state index contributed by atoms with van der Waals surface area (Å²) in [6.07, 6.45) is 3.51. The van der Waals surface area contributed by atoms with Crippen LogP contribution >= 0.6 is 0 Å². The lowest BCUT2D eigenvalue weighted by molar-refractivity contribution is -0.147. The van der Waals surface area contributed by atoms with Gasteiger partial charge in [0.15, 0.2) is 0 Å². The van der Waals surface area contributed by atoms with Crippen molar-refractivity contribution in [2.45, 2.75) is 19.3 Å². The molecule has 10 heavy (non-hydrogen) atoms. The normalized spacial score (nSPS) is 16.9. The van der Waals surface area contributed by atoms with Crippen LogP contribution in [0.2, 0.25) is 0 Å². The van der Waals surface area contributed by atoms with E-state index in [0.717, 1.165) is 12.3 Å². The van der Waals surface area contributed by atoms with E-state index in [1.807, 2.05) is 0 Å². The fourth-order valence-corrected chi connectivity index (χ4v) is 0.792. The molecule has 1 N–H and O–H groups in total. The van der Waals surface area contributed by atoms with E-state index < -0.39 is 12.6 Å². The number of carbonyl (C=O) groups excluding carboxylic acids is 1. The minimum absolute atomic E-state index is 0.476. The molecule has 0 heterocycles. The highest BCUT2D eigenvalue weighted by molar-refractivity contribution is 5.70. The quantitative estimate of drug-likeness (QED) is 0.578. The molecule has 1 saturated carbocycles. The Hall–Kier alpha value is -0.570. The molecule has 0 spiro atoms. The SMILES string of the molecule is O=C(CO)OCCC1CC1. The molecular formula is C7H12O3. The van der Waals surface area contributed by atoms with Gasteiger partial charge in [-0.15, -0.1) is 0 Å². The van der Waals surface area contributed by atoms with Crippen molar-refractivity contribution < 1.29 is 14.6 Å². The summed E-state index contributed by atoms with van der Waals surface area (Å²) >= 11 is 0. The molecule has 0 aliphatic heterocycles. The van der Waals surface area contributed by atoms with Gasteiger partial charge in [0.1, 0.15) is 6.61 Å². The highest BCUT2D eigenvalue weighted by Crippen LogP contribution is 2.31. The van der Waals surface area contributed by atoms with Crippen LogP contribution in [0.5, 0.6) is 0 Å². The lowest BCUT2D eigenvalue weighted by Crippen LogP contribution is -2.09. The second kappa shape index (κ2) is 3.56. The first-order valence-corrected chi connectivity index (χ1v) is 3.59. The van der Waals surface area contributed by atoms with E-state index in [9.17, 15) is 4.79 Å². The fourth-order valence-electron chi connectivity index (χ4n) is 0.792. The van der Waals surface area contributed by atoms with Crippen LogP contribution in [0, 0.1) is 5.92 Å². The average Bonchev–Trinajstić information content (AvgIpc) is 2.71. The molecule has 0 radical (unpaired) electrons. The summed E-state index contributed by atoms with van der Waals surface area (Å²) in [7, 11) is 0. The molecule has 0 atom stereocenters. The van der Waals surface area contributed by atoms with Crippen molar-refractivity contribution in [3.05, 3.63) is 0 Å². The first-order chi connectivity index (χ1) is 4.83. The summed E-state index contributed by atoms with van der Waals surface area (Å²) in [6.45, 7) is -0.0191. The zero-order chi connectivity index (χ0) is 7.40. The number of hydrogen-bond donors (Lipinski definition) is 1. The molecule has 0 unspecified atom stereocenters. The zero-order valence-corrected chi connectivity index (χ0v) is 5.88. The number of hydrogen-bond acceptors (Lipinski definition) is 3. The Morgan fingerprint density at radius 1 is 1.60 bits per heavy atom. The maximum absolute atomic E-state index is 10.3. The fraction of sp³-hybridized carbons (Fsp3) is 0.857. The maximum atomic E-state index is 10.3. The summed E-state index contributed by atoms with van der Waals surface area (Å²) in [6, 6.07) is 0. The van der Waals surface area contributed by atoms with E-state index in [2.05, 4.69) is 4.74 Å². The van der Waals surface area contributed by atoms with E-state index in [0.29, 0.717) is 6.61 Å². The number of ether oxygens (including phenoxy) is 1. The topological polar surface area (TPSA) is 46.5 Å². The second-order valence-electron chi connectivity index (χ2n) is 2.61. The van der Waals surface area contributed by atoms with Gasteiger partial charge in [-0.2, -0.15) is 0 Å². The van der Waals surface area contributed by atoms with Crippen LogP contribution in [0.4, 0.5) is 0 Å². The van der Waals surface area contributed by atoms with Gasteiger partial charge in [0, 0.05) is 0 Å². The lowest BCUT2D eigenvalue weighted by atomic mass is 10.3. The first kappa shape index (κ1) is 7.54. The Morgan fingerprint density at radius 2 is 2.30 bits per heavy atom. The van der Waals surface area contributed by atoms with Crippen molar-refractivity contribution in [2.24, 2.45) is 5.92 Å². The number of carbonyl (C=O) groups is 1. The molecule has 1 aliphatic rings. The predicted octanol–water partition coefficient (Wildman–Crippen LogP) is 0.322. The molecule has 3 heteroatoms. The van der Waals surface area contributed by atoms with Crippen molar-refractivity contribution in [1.29, 1.82) is 0 Å². The molecule has 3 nitrogen and oxygen atoms in total. The van der Waals surface area contributed by atoms with Gasteiger partial charge in [0.25, 0.3) is 0 Å². The third-order valence-corrected chi connectivity index (χ3v) is 1.62. The van der Waals surface area contributed by atoms with Crippen LogP contribution < -0.4 is 0 Å². The highest BCUT2D eigenvalue weighted by Gasteiger charge is 2.20. The van der Waals surface area contributed by atoms with Crippen LogP contribution in [0.25, 0.3) is 0 Å². The largest absolute Gasteiger partial charge is 0.464 e. The van der Waals surface area contributed by atoms with Crippen LogP contribution in [-0.2, 0) is 9.53 Å². The molecule has 0 aromatic rings. The zero-order valence-electron chi connectivity index (χ0n) is 5.88. The average molecular weight is 144 g/mol. The number of aliphatic hydroxyl groups excluding tert-OH is 1. The maximum Gasteiger partial charge on any atom is 0.331 e. The number of rotatable bonds is 4. The monoisotopic (exact) mass is 144 g/mol. The molecule has 0 bridgehead atoms. The van der Waals surface area contributed by atoms with Crippen molar-refractivity contribution in [2.75, 3.05) is 13.2 Å². The Morgan fingerprint density at radius 3 is 2.80 bits per heavy atom. The molecule has 1 rings (SSSR count). The minimum Gasteiger partial charge on any atom is -0.464 e. The van der Waals surface area contributed by atoms with Crippen molar-refractivity contribution in [3.63, 3.8) is 0 Å². The third kappa shape index (κ3) is 2.82. The molecule has 0 amide bonds. The van der Waals surface area contributed by atoms with Gasteiger partial charge in [-0.25, -0.2) is 4.79 Å². The summed E-state index contributed by atoms with van der Waals surface area (Å²) < 4.78 is 4.65. The van der Waals surface area contributed by atoms with Crippen molar-refractivity contribution >= 4 is 5.97 Å². The van der Waals surface area contributed by atoms with E-state index in [1.165, 1.54) is 12.8 Å². The van der Waals surface area contributed by atoms with Crippen LogP contribution in [0.3, 0.4) is 0 Å². The van der Waals surface area contributed by atoms with Gasteiger partial charge in [-0.3, -0.25) is 0 Å². The predicted molar refractivity (Wildman–Crippen MR) is 35.4 cm³/mol. The van der Waals surface area contributed by atoms with E-state index in [1.54, 1.807) is 0 Å². The van der Waals surface area contributed by atoms with Gasteiger partial charge in [0.05, 0.1) is 6.61 Å². The van der Waals surface area contributed by atoms with Crippen LogP contribution in [0.1, 0.15) is 19.3 Å². The van der Waals surface area contributed by atoms with Crippen LogP contribution in [-0.4, -0.2) is 24.3 Å². The molecule has 0 aromatic carbocycles. The van der Waals surface area contributed by atoms with Gasteiger partial charge < -0.3 is 9.84 Å². The van der Waals surface area contributed by atoms with Crippen molar-refractivity contribution in [1.82, 2.24) is 0 Å². The Bertz CT molecular complexity index is 118. The lowest BCUT2D eigenvalue weighted by Gasteiger charge is -1.99. The van der Waals surface area contributed by atoms with Gasteiger partial charge in [-0.05, 0) is 12.3 Å². The Balaban J connectivity index is 1.88. The molecule has 0 saturated heterocycles. The Kier molecular flexibility index (Phi) is 2.68. The number of aliphatic hydroxyl groups is 1. The molecule has 58 valence electrons. The molecule has 1 aliphatic carbocycles. The summed E-state index contributed by atoms with van der Waals surface area (Å²) in [5, 5.41) is 8.24. The Labute approximate surface area is 60.0 Å². The van der Waals surface area contributed by atoms with Gasteiger partial charge in [-0.1, -0.05) is 12.8 Å². The van der Waals surface area contributed by atoms with Crippen molar-refractivity contribution in [3.8, 4) is 0 Å². The minimum atomic E-state index is -0.513. The van der Waals surface area contributed by atoms with Gasteiger partial charge >= 0.3 is 5.97 Å². The molecular weight excluding hydrogens is 132 g/mol. The summed E-state index contributed by atoms with van der Waals surface area (Å²) in [5.74, 6) is 0.271. The van der Waals surface area contributed by atoms with E-state index >= 15 is 0 Å². The third-order valence-electron chi connectivity index (χ3n) is 1.62. The summed E-state index contributed by atoms with van der Waals surface area (Å²) in [5.41, 5.74) is 0. The second-order valence-corrected chi connectivity index (χ2v) is 2.61. The smallest absolute Gasteiger partial charge is 0.331 e. The van der Waals surface area contributed by atoms with E-state index in [4.69, 9.17) is 5.11 Å². The van der Waals surface area contributed by atoms with E-state index in [-0.39, 0.29) is 0 Å². The first-order valence-electron chi connectivity index (χ1n) is 3.59. The van der Waals surface area contributed by atoms with Gasteiger partial charge in [0.2, 0.25) is 0 Å². The highest BCUT2D eigenvalue weighted by atomic mass is 16.5. The molecule has 0 aromatic heterocycles.